The van der Waals surface area contributed by atoms with E-state index in [4.69, 9.17) is 12.2 Å². The number of hydrogen-bond donors (Lipinski definition) is 2. The summed E-state index contributed by atoms with van der Waals surface area (Å²) in [5.74, 6) is 0.361. The smallest absolute Gasteiger partial charge is 0.228 e. The first-order valence-corrected chi connectivity index (χ1v) is 9.52. The van der Waals surface area contributed by atoms with Crippen molar-refractivity contribution in [3.05, 3.63) is 16.0 Å². The molecule has 1 aliphatic rings. The van der Waals surface area contributed by atoms with Gasteiger partial charge in [0.2, 0.25) is 5.91 Å². The van der Waals surface area contributed by atoms with E-state index in [1.807, 2.05) is 13.8 Å². The van der Waals surface area contributed by atoms with Crippen LogP contribution in [0.3, 0.4) is 0 Å². The van der Waals surface area contributed by atoms with Crippen molar-refractivity contribution < 1.29 is 4.79 Å². The van der Waals surface area contributed by atoms with Crippen LogP contribution in [0.2, 0.25) is 0 Å². The third-order valence-electron chi connectivity index (χ3n) is 4.59. The lowest BCUT2D eigenvalue weighted by Gasteiger charge is -2.33. The molecule has 0 spiro atoms. The van der Waals surface area contributed by atoms with Crippen molar-refractivity contribution in [2.24, 2.45) is 17.3 Å². The number of amides is 1. The third kappa shape index (κ3) is 4.14. The zero-order valence-corrected chi connectivity index (χ0v) is 16.6. The minimum atomic E-state index is -0.135. The molecule has 1 aliphatic carbocycles. The Balaban J connectivity index is 2.19. The Morgan fingerprint density at radius 1 is 1.42 bits per heavy atom. The Labute approximate surface area is 153 Å². The maximum absolute atomic E-state index is 11.7. The van der Waals surface area contributed by atoms with Gasteiger partial charge in [0, 0.05) is 10.8 Å². The molecule has 2 N–H and O–H groups in total. The molecule has 1 aromatic rings. The summed E-state index contributed by atoms with van der Waals surface area (Å²) in [6.45, 7) is 10.5. The molecule has 0 unspecified atom stereocenters. The van der Waals surface area contributed by atoms with Gasteiger partial charge < -0.3 is 10.6 Å². The van der Waals surface area contributed by atoms with E-state index in [1.54, 1.807) is 11.3 Å². The average molecular weight is 364 g/mol. The minimum absolute atomic E-state index is 0.125. The van der Waals surface area contributed by atoms with Crippen LogP contribution in [-0.4, -0.2) is 11.0 Å². The van der Waals surface area contributed by atoms with E-state index in [2.05, 4.69) is 37.5 Å². The monoisotopic (exact) mass is 363 g/mol. The van der Waals surface area contributed by atoms with E-state index in [9.17, 15) is 10.1 Å². The molecule has 24 heavy (non-hydrogen) atoms. The predicted molar refractivity (Wildman–Crippen MR) is 103 cm³/mol. The second-order valence-electron chi connectivity index (χ2n) is 7.72. The van der Waals surface area contributed by atoms with Gasteiger partial charge in [-0.1, -0.05) is 34.6 Å². The zero-order valence-electron chi connectivity index (χ0n) is 14.9. The van der Waals surface area contributed by atoms with Gasteiger partial charge in [-0.3, -0.25) is 4.79 Å². The molecule has 1 atom stereocenters. The molecule has 0 saturated carbocycles. The number of thiocarbonyl (C=S) groups is 1. The summed E-state index contributed by atoms with van der Waals surface area (Å²) in [5, 5.41) is 16.3. The molecular weight excluding hydrogens is 338 g/mol. The maximum Gasteiger partial charge on any atom is 0.228 e. The van der Waals surface area contributed by atoms with Crippen LogP contribution in [0.5, 0.6) is 0 Å². The highest BCUT2D eigenvalue weighted by molar-refractivity contribution is 7.80. The molecule has 0 bridgehead atoms. The molecule has 0 radical (unpaired) electrons. The van der Waals surface area contributed by atoms with E-state index < -0.39 is 0 Å². The Morgan fingerprint density at radius 2 is 2.08 bits per heavy atom. The number of nitrogens with zero attached hydrogens (tertiary/aromatic N) is 1. The normalized spacial score (nSPS) is 17.1. The topological polar surface area (TPSA) is 64.9 Å². The number of fused-ring (bicyclic) bond motifs is 1. The van der Waals surface area contributed by atoms with Crippen LogP contribution < -0.4 is 10.6 Å². The lowest BCUT2D eigenvalue weighted by atomic mass is 9.72. The van der Waals surface area contributed by atoms with Gasteiger partial charge in [-0.25, -0.2) is 0 Å². The van der Waals surface area contributed by atoms with Gasteiger partial charge in [-0.15, -0.1) is 11.3 Å². The van der Waals surface area contributed by atoms with Crippen LogP contribution in [0.15, 0.2) is 0 Å². The molecule has 130 valence electrons. The first-order valence-electron chi connectivity index (χ1n) is 8.30. The molecule has 1 heterocycles. The second kappa shape index (κ2) is 7.20. The number of nitrogens with one attached hydrogen (secondary N) is 2. The number of carbonyl (C=O) groups is 1. The van der Waals surface area contributed by atoms with Crippen molar-refractivity contribution in [3.8, 4) is 6.07 Å². The molecule has 1 aromatic heterocycles. The number of carbonyl (C=O) groups excluding carboxylic acids is 1. The fourth-order valence-corrected chi connectivity index (χ4v) is 4.47. The van der Waals surface area contributed by atoms with Gasteiger partial charge in [0.15, 0.2) is 5.11 Å². The molecule has 1 amide bonds. The third-order valence-corrected chi connectivity index (χ3v) is 5.96. The predicted octanol–water partition coefficient (Wildman–Crippen LogP) is 4.24. The minimum Gasteiger partial charge on any atom is -0.323 e. The quantitative estimate of drug-likeness (QED) is 0.771. The summed E-state index contributed by atoms with van der Waals surface area (Å²) in [4.78, 5) is 13.0. The standard InChI is InChI=1S/C18H25N3OS2/c1-10(2)15(22)20-17(23)21-16-13(9-19)12-7-6-11(18(3,4)5)8-14(12)24-16/h10-11H,6-8H2,1-5H3,(H2,20,21,22,23)/t11-/m1/s1. The highest BCUT2D eigenvalue weighted by Gasteiger charge is 2.32. The molecule has 0 fully saturated rings. The van der Waals surface area contributed by atoms with Crippen molar-refractivity contribution in [2.75, 3.05) is 5.32 Å². The SMILES string of the molecule is CC(C)C(=O)NC(=S)Nc1sc2c(c1C#N)CC[C@@H](C(C)(C)C)C2. The van der Waals surface area contributed by atoms with Crippen LogP contribution in [0.25, 0.3) is 0 Å². The van der Waals surface area contributed by atoms with E-state index in [0.717, 1.165) is 29.8 Å². The number of thiophene rings is 1. The lowest BCUT2D eigenvalue weighted by molar-refractivity contribution is -0.122. The van der Waals surface area contributed by atoms with Gasteiger partial charge in [0.1, 0.15) is 11.1 Å². The largest absolute Gasteiger partial charge is 0.323 e. The van der Waals surface area contributed by atoms with Crippen LogP contribution in [0, 0.1) is 28.6 Å². The van der Waals surface area contributed by atoms with Crippen LogP contribution in [0.1, 0.15) is 57.0 Å². The molecule has 0 aliphatic heterocycles. The van der Waals surface area contributed by atoms with E-state index >= 15 is 0 Å². The summed E-state index contributed by atoms with van der Waals surface area (Å²) in [7, 11) is 0. The zero-order chi connectivity index (χ0) is 18.1. The number of rotatable bonds is 2. The molecular formula is C18H25N3OS2. The van der Waals surface area contributed by atoms with Gasteiger partial charge in [0.25, 0.3) is 0 Å². The first kappa shape index (κ1) is 18.9. The van der Waals surface area contributed by atoms with Crippen molar-refractivity contribution >= 4 is 39.6 Å². The van der Waals surface area contributed by atoms with Gasteiger partial charge in [0.05, 0.1) is 5.56 Å². The van der Waals surface area contributed by atoms with E-state index in [-0.39, 0.29) is 22.4 Å². The van der Waals surface area contributed by atoms with Gasteiger partial charge in [-0.05, 0) is 48.4 Å². The van der Waals surface area contributed by atoms with Crippen molar-refractivity contribution in [1.29, 1.82) is 5.26 Å². The number of anilines is 1. The number of nitriles is 1. The summed E-state index contributed by atoms with van der Waals surface area (Å²) in [6, 6.07) is 2.31. The Bertz CT molecular complexity index is 692. The maximum atomic E-state index is 11.7. The van der Waals surface area contributed by atoms with E-state index in [1.165, 1.54) is 4.88 Å². The van der Waals surface area contributed by atoms with Crippen molar-refractivity contribution in [1.82, 2.24) is 5.32 Å². The van der Waals surface area contributed by atoms with Gasteiger partial charge in [-0.2, -0.15) is 5.26 Å². The molecule has 2 rings (SSSR count). The van der Waals surface area contributed by atoms with Crippen LogP contribution in [-0.2, 0) is 17.6 Å². The summed E-state index contributed by atoms with van der Waals surface area (Å²) in [5.41, 5.74) is 2.11. The lowest BCUT2D eigenvalue weighted by Crippen LogP contribution is -2.36. The van der Waals surface area contributed by atoms with Crippen molar-refractivity contribution in [3.63, 3.8) is 0 Å². The fourth-order valence-electron chi connectivity index (χ4n) is 2.92. The average Bonchev–Trinajstić information content (AvgIpc) is 2.81. The highest BCUT2D eigenvalue weighted by atomic mass is 32.1. The highest BCUT2D eigenvalue weighted by Crippen LogP contribution is 2.43. The molecule has 6 heteroatoms. The van der Waals surface area contributed by atoms with Gasteiger partial charge >= 0.3 is 0 Å². The first-order chi connectivity index (χ1) is 11.1. The molecule has 0 saturated heterocycles. The Hall–Kier alpha value is -1.45. The summed E-state index contributed by atoms with van der Waals surface area (Å²) in [6.07, 6.45) is 3.05. The second-order valence-corrected chi connectivity index (χ2v) is 9.24. The Kier molecular flexibility index (Phi) is 5.67. The Morgan fingerprint density at radius 3 is 2.62 bits per heavy atom. The van der Waals surface area contributed by atoms with E-state index in [0.29, 0.717) is 11.5 Å². The fraction of sp³-hybridized carbons (Fsp3) is 0.611. The van der Waals surface area contributed by atoms with Crippen molar-refractivity contribution in [2.45, 2.75) is 53.9 Å². The summed E-state index contributed by atoms with van der Waals surface area (Å²) < 4.78 is 0. The summed E-state index contributed by atoms with van der Waals surface area (Å²) >= 11 is 6.81. The van der Waals surface area contributed by atoms with Crippen LogP contribution in [0.4, 0.5) is 5.00 Å². The van der Waals surface area contributed by atoms with Crippen LogP contribution >= 0.6 is 23.6 Å². The molecule has 0 aromatic carbocycles. The number of hydrogen-bond acceptors (Lipinski definition) is 4. The molecule has 4 nitrogen and oxygen atoms in total.